The van der Waals surface area contributed by atoms with Crippen LogP contribution in [0.15, 0.2) is 23.7 Å². The monoisotopic (exact) mass is 281 g/mol. The summed E-state index contributed by atoms with van der Waals surface area (Å²) < 4.78 is 0. The van der Waals surface area contributed by atoms with Gasteiger partial charge >= 0.3 is 0 Å². The normalized spacial score (nSPS) is 10.3. The lowest BCUT2D eigenvalue weighted by atomic mass is 10.2. The summed E-state index contributed by atoms with van der Waals surface area (Å²) in [5, 5.41) is 3.27. The molecule has 1 aromatic heterocycles. The first-order valence-corrected chi connectivity index (χ1v) is 6.55. The van der Waals surface area contributed by atoms with Gasteiger partial charge in [-0.25, -0.2) is 4.98 Å². The van der Waals surface area contributed by atoms with E-state index in [4.69, 9.17) is 17.3 Å². The fraction of sp³-hybridized carbons (Fsp3) is 0.167. The second-order valence-electron chi connectivity index (χ2n) is 3.82. The number of benzene rings is 1. The van der Waals surface area contributed by atoms with E-state index in [0.29, 0.717) is 22.8 Å². The van der Waals surface area contributed by atoms with Crippen molar-refractivity contribution in [1.29, 1.82) is 0 Å². The fourth-order valence-electron chi connectivity index (χ4n) is 1.50. The van der Waals surface area contributed by atoms with Gasteiger partial charge in [0.05, 0.1) is 17.7 Å². The number of aryl methyl sites for hydroxylation is 1. The van der Waals surface area contributed by atoms with E-state index in [1.807, 2.05) is 6.92 Å². The van der Waals surface area contributed by atoms with Crippen molar-refractivity contribution in [1.82, 2.24) is 10.3 Å². The van der Waals surface area contributed by atoms with Crippen LogP contribution in [0.2, 0.25) is 5.02 Å². The van der Waals surface area contributed by atoms with Crippen LogP contribution in [0.3, 0.4) is 0 Å². The van der Waals surface area contributed by atoms with Crippen molar-refractivity contribution >= 4 is 34.5 Å². The van der Waals surface area contributed by atoms with Crippen LogP contribution in [0.25, 0.3) is 0 Å². The molecule has 0 unspecified atom stereocenters. The van der Waals surface area contributed by atoms with Crippen molar-refractivity contribution in [2.24, 2.45) is 0 Å². The summed E-state index contributed by atoms with van der Waals surface area (Å²) in [6.07, 6.45) is 0. The fourth-order valence-corrected chi connectivity index (χ4v) is 2.46. The van der Waals surface area contributed by atoms with Gasteiger partial charge in [-0.3, -0.25) is 4.79 Å². The van der Waals surface area contributed by atoms with Crippen molar-refractivity contribution in [3.05, 3.63) is 44.9 Å². The Morgan fingerprint density at radius 3 is 2.89 bits per heavy atom. The average Bonchev–Trinajstić information content (AvgIpc) is 2.70. The maximum Gasteiger partial charge on any atom is 0.251 e. The molecule has 18 heavy (non-hydrogen) atoms. The number of hydrogen-bond donors (Lipinski definition) is 2. The largest absolute Gasteiger partial charge is 0.399 e. The number of halogens is 1. The van der Waals surface area contributed by atoms with Crippen LogP contribution in [0.1, 0.15) is 20.9 Å². The van der Waals surface area contributed by atoms with Gasteiger partial charge in [0.2, 0.25) is 0 Å². The first-order valence-electron chi connectivity index (χ1n) is 5.29. The van der Waals surface area contributed by atoms with Crippen LogP contribution in [0, 0.1) is 6.92 Å². The number of carbonyl (C=O) groups is 1. The summed E-state index contributed by atoms with van der Waals surface area (Å²) in [5.41, 5.74) is 9.27. The molecule has 0 radical (unpaired) electrons. The second-order valence-corrected chi connectivity index (χ2v) is 5.19. The zero-order chi connectivity index (χ0) is 13.1. The van der Waals surface area contributed by atoms with Gasteiger partial charge in [-0.05, 0) is 25.1 Å². The molecule has 0 atom stereocenters. The van der Waals surface area contributed by atoms with E-state index >= 15 is 0 Å². The third kappa shape index (κ3) is 3.00. The lowest BCUT2D eigenvalue weighted by Gasteiger charge is -2.05. The predicted octanol–water partition coefficient (Wildman–Crippen LogP) is 2.62. The number of nitrogens with one attached hydrogen (secondary N) is 1. The summed E-state index contributed by atoms with van der Waals surface area (Å²) in [4.78, 5) is 17.1. The molecule has 6 heteroatoms. The van der Waals surface area contributed by atoms with Gasteiger partial charge in [0.15, 0.2) is 0 Å². The Morgan fingerprint density at radius 2 is 2.28 bits per heavy atom. The standard InChI is InChI=1S/C12H12ClN3OS/c1-7-11(18-6-16-7)5-15-12(17)8-2-9(13)4-10(14)3-8/h2-4,6H,5,14H2,1H3,(H,15,17). The Kier molecular flexibility index (Phi) is 3.84. The molecule has 0 fully saturated rings. The summed E-state index contributed by atoms with van der Waals surface area (Å²) in [6.45, 7) is 2.37. The number of nitrogen functional groups attached to an aromatic ring is 1. The van der Waals surface area contributed by atoms with Crippen LogP contribution < -0.4 is 11.1 Å². The highest BCUT2D eigenvalue weighted by Crippen LogP contribution is 2.17. The number of hydrogen-bond acceptors (Lipinski definition) is 4. The smallest absolute Gasteiger partial charge is 0.251 e. The highest BCUT2D eigenvalue weighted by atomic mass is 35.5. The Labute approximate surface area is 114 Å². The van der Waals surface area contributed by atoms with Gasteiger partial charge in [0.25, 0.3) is 5.91 Å². The van der Waals surface area contributed by atoms with E-state index < -0.39 is 0 Å². The molecule has 0 saturated carbocycles. The Hall–Kier alpha value is -1.59. The number of nitrogens with two attached hydrogens (primary N) is 1. The maximum absolute atomic E-state index is 11.9. The number of rotatable bonds is 3. The molecule has 2 aromatic rings. The van der Waals surface area contributed by atoms with Crippen LogP contribution in [-0.2, 0) is 6.54 Å². The Bertz CT molecular complexity index is 562. The molecular weight excluding hydrogens is 270 g/mol. The molecule has 0 aliphatic heterocycles. The molecule has 1 amide bonds. The van der Waals surface area contributed by atoms with Crippen LogP contribution in [0.5, 0.6) is 0 Å². The van der Waals surface area contributed by atoms with E-state index in [1.54, 1.807) is 23.7 Å². The third-order valence-corrected chi connectivity index (χ3v) is 3.59. The topological polar surface area (TPSA) is 68.0 Å². The Balaban J connectivity index is 2.06. The summed E-state index contributed by atoms with van der Waals surface area (Å²) in [7, 11) is 0. The average molecular weight is 282 g/mol. The lowest BCUT2D eigenvalue weighted by molar-refractivity contribution is 0.0951. The van der Waals surface area contributed by atoms with Crippen LogP contribution in [0.4, 0.5) is 5.69 Å². The van der Waals surface area contributed by atoms with Crippen molar-refractivity contribution in [2.45, 2.75) is 13.5 Å². The minimum absolute atomic E-state index is 0.197. The molecule has 2 rings (SSSR count). The first-order chi connectivity index (χ1) is 8.56. The number of anilines is 1. The van der Waals surface area contributed by atoms with Crippen molar-refractivity contribution in [3.63, 3.8) is 0 Å². The van der Waals surface area contributed by atoms with Gasteiger partial charge in [-0.15, -0.1) is 11.3 Å². The molecule has 1 aromatic carbocycles. The van der Waals surface area contributed by atoms with Gasteiger partial charge in [-0.2, -0.15) is 0 Å². The number of amides is 1. The molecule has 1 heterocycles. The third-order valence-electron chi connectivity index (χ3n) is 2.44. The Morgan fingerprint density at radius 1 is 1.50 bits per heavy atom. The predicted molar refractivity (Wildman–Crippen MR) is 73.9 cm³/mol. The first kappa shape index (κ1) is 12.9. The van der Waals surface area contributed by atoms with Gasteiger partial charge in [-0.1, -0.05) is 11.6 Å². The van der Waals surface area contributed by atoms with E-state index in [-0.39, 0.29) is 5.91 Å². The molecule has 4 nitrogen and oxygen atoms in total. The van der Waals surface area contributed by atoms with E-state index in [9.17, 15) is 4.79 Å². The second kappa shape index (κ2) is 5.37. The quantitative estimate of drug-likeness (QED) is 0.850. The molecule has 0 saturated heterocycles. The lowest BCUT2D eigenvalue weighted by Crippen LogP contribution is -2.22. The van der Waals surface area contributed by atoms with Gasteiger partial charge in [0, 0.05) is 21.2 Å². The highest BCUT2D eigenvalue weighted by Gasteiger charge is 2.09. The zero-order valence-corrected chi connectivity index (χ0v) is 11.3. The number of nitrogens with zero attached hydrogens (tertiary/aromatic N) is 1. The van der Waals surface area contributed by atoms with Crippen LogP contribution in [-0.4, -0.2) is 10.9 Å². The van der Waals surface area contributed by atoms with Crippen molar-refractivity contribution in [2.75, 3.05) is 5.73 Å². The molecule has 3 N–H and O–H groups in total. The molecule has 0 aliphatic carbocycles. The molecule has 0 aliphatic rings. The number of carbonyl (C=O) groups excluding carboxylic acids is 1. The number of thiazole rings is 1. The van der Waals surface area contributed by atoms with E-state index in [2.05, 4.69) is 10.3 Å². The van der Waals surface area contributed by atoms with Crippen LogP contribution >= 0.6 is 22.9 Å². The van der Waals surface area contributed by atoms with Crippen molar-refractivity contribution < 1.29 is 4.79 Å². The summed E-state index contributed by atoms with van der Waals surface area (Å²) in [5.74, 6) is -0.197. The SMILES string of the molecule is Cc1ncsc1CNC(=O)c1cc(N)cc(Cl)c1. The maximum atomic E-state index is 11.9. The van der Waals surface area contributed by atoms with E-state index in [1.165, 1.54) is 11.3 Å². The summed E-state index contributed by atoms with van der Waals surface area (Å²) in [6, 6.07) is 4.79. The minimum Gasteiger partial charge on any atom is -0.399 e. The molecule has 94 valence electrons. The minimum atomic E-state index is -0.197. The zero-order valence-electron chi connectivity index (χ0n) is 9.74. The molecular formula is C12H12ClN3OS. The van der Waals surface area contributed by atoms with Crippen molar-refractivity contribution in [3.8, 4) is 0 Å². The molecule has 0 bridgehead atoms. The van der Waals surface area contributed by atoms with E-state index in [0.717, 1.165) is 10.6 Å². The number of aromatic nitrogens is 1. The highest BCUT2D eigenvalue weighted by molar-refractivity contribution is 7.09. The molecule has 0 spiro atoms. The van der Waals surface area contributed by atoms with Gasteiger partial charge < -0.3 is 11.1 Å². The summed E-state index contributed by atoms with van der Waals surface area (Å²) >= 11 is 7.37. The van der Waals surface area contributed by atoms with Gasteiger partial charge in [0.1, 0.15) is 0 Å².